The fourth-order valence-electron chi connectivity index (χ4n) is 1.49. The van der Waals surface area contributed by atoms with E-state index in [9.17, 15) is 4.79 Å². The molecule has 0 aliphatic carbocycles. The van der Waals surface area contributed by atoms with E-state index in [4.69, 9.17) is 14.7 Å². The molecule has 5 nitrogen and oxygen atoms in total. The Labute approximate surface area is 95.2 Å². The average Bonchev–Trinajstić information content (AvgIpc) is 2.29. The van der Waals surface area contributed by atoms with Gasteiger partial charge < -0.3 is 9.47 Å². The van der Waals surface area contributed by atoms with Gasteiger partial charge in [0.2, 0.25) is 0 Å². The molecule has 1 rings (SSSR count). The third-order valence-electron chi connectivity index (χ3n) is 2.27. The number of morpholine rings is 1. The summed E-state index contributed by atoms with van der Waals surface area (Å²) in [6.45, 7) is 7.94. The molecular weight excluding hydrogens is 208 g/mol. The lowest BCUT2D eigenvalue weighted by atomic mass is 10.2. The van der Waals surface area contributed by atoms with Crippen LogP contribution < -0.4 is 0 Å². The molecule has 1 heterocycles. The van der Waals surface area contributed by atoms with Crippen molar-refractivity contribution in [3.05, 3.63) is 12.2 Å². The van der Waals surface area contributed by atoms with Gasteiger partial charge in [0.25, 0.3) is 0 Å². The van der Waals surface area contributed by atoms with Crippen LogP contribution in [0.2, 0.25) is 0 Å². The number of nitrogens with zero attached hydrogens (tertiary/aromatic N) is 2. The topological polar surface area (TPSA) is 62.6 Å². The highest BCUT2D eigenvalue weighted by atomic mass is 16.5. The second-order valence-electron chi connectivity index (χ2n) is 3.55. The van der Waals surface area contributed by atoms with E-state index in [0.29, 0.717) is 38.4 Å². The molecule has 88 valence electrons. The lowest BCUT2D eigenvalue weighted by molar-refractivity contribution is -0.138. The molecule has 0 amide bonds. The van der Waals surface area contributed by atoms with E-state index in [1.54, 1.807) is 6.92 Å². The molecule has 1 aliphatic rings. The summed E-state index contributed by atoms with van der Waals surface area (Å²) in [6.07, 6.45) is -0.413. The molecule has 0 saturated carbocycles. The average molecular weight is 224 g/mol. The van der Waals surface area contributed by atoms with Crippen LogP contribution in [0.1, 0.15) is 6.92 Å². The monoisotopic (exact) mass is 224 g/mol. The van der Waals surface area contributed by atoms with Gasteiger partial charge in [-0.05, 0) is 6.92 Å². The van der Waals surface area contributed by atoms with Crippen LogP contribution in [-0.2, 0) is 14.3 Å². The predicted molar refractivity (Wildman–Crippen MR) is 57.6 cm³/mol. The Kier molecular flexibility index (Phi) is 4.96. The Morgan fingerprint density at radius 1 is 1.75 bits per heavy atom. The van der Waals surface area contributed by atoms with Crippen molar-refractivity contribution in [2.75, 3.05) is 32.8 Å². The summed E-state index contributed by atoms with van der Waals surface area (Å²) >= 11 is 0. The predicted octanol–water partition coefficient (Wildman–Crippen LogP) is 0.330. The van der Waals surface area contributed by atoms with Crippen LogP contribution in [0.5, 0.6) is 0 Å². The van der Waals surface area contributed by atoms with E-state index in [-0.39, 0.29) is 5.97 Å². The Hall–Kier alpha value is -1.38. The summed E-state index contributed by atoms with van der Waals surface area (Å²) in [7, 11) is 0. The number of hydrogen-bond acceptors (Lipinski definition) is 5. The molecule has 1 atom stereocenters. The van der Waals surface area contributed by atoms with Gasteiger partial charge in [-0.25, -0.2) is 4.79 Å². The molecular formula is C11H16N2O3. The van der Waals surface area contributed by atoms with Gasteiger partial charge in [0.1, 0.15) is 0 Å². The fraction of sp³-hybridized carbons (Fsp3) is 0.636. The van der Waals surface area contributed by atoms with E-state index in [0.717, 1.165) is 0 Å². The molecule has 1 unspecified atom stereocenters. The fourth-order valence-corrected chi connectivity index (χ4v) is 1.49. The molecule has 0 aromatic heterocycles. The number of nitriles is 1. The largest absolute Gasteiger partial charge is 0.463 e. The Morgan fingerprint density at radius 2 is 2.50 bits per heavy atom. The summed E-state index contributed by atoms with van der Waals surface area (Å²) < 4.78 is 10.0. The van der Waals surface area contributed by atoms with Gasteiger partial charge in [-0.2, -0.15) is 5.26 Å². The highest BCUT2D eigenvalue weighted by Gasteiger charge is 2.21. The number of hydrogen-bond donors (Lipinski definition) is 0. The number of carbonyl (C=O) groups excluding carboxylic acids is 1. The maximum atomic E-state index is 11.3. The Balaban J connectivity index is 2.39. The number of carbonyl (C=O) groups is 1. The Bertz CT molecular complexity index is 309. The van der Waals surface area contributed by atoms with Crippen molar-refractivity contribution in [3.8, 4) is 6.07 Å². The SMILES string of the molecule is C=C(CN1CCOC(C#N)C1)C(=O)OCC. The summed E-state index contributed by atoms with van der Waals surface area (Å²) in [5, 5.41) is 8.72. The van der Waals surface area contributed by atoms with Crippen molar-refractivity contribution in [1.29, 1.82) is 5.26 Å². The van der Waals surface area contributed by atoms with Crippen LogP contribution in [0.25, 0.3) is 0 Å². The molecule has 0 aromatic carbocycles. The molecule has 0 N–H and O–H groups in total. The van der Waals surface area contributed by atoms with Crippen LogP contribution in [0, 0.1) is 11.3 Å². The summed E-state index contributed by atoms with van der Waals surface area (Å²) in [5.41, 5.74) is 0.417. The van der Waals surface area contributed by atoms with Gasteiger partial charge in [0.05, 0.1) is 19.3 Å². The highest BCUT2D eigenvalue weighted by Crippen LogP contribution is 2.07. The van der Waals surface area contributed by atoms with E-state index in [1.807, 2.05) is 4.90 Å². The zero-order valence-corrected chi connectivity index (χ0v) is 9.44. The quantitative estimate of drug-likeness (QED) is 0.508. The van der Waals surface area contributed by atoms with Crippen molar-refractivity contribution in [1.82, 2.24) is 4.90 Å². The van der Waals surface area contributed by atoms with Crippen molar-refractivity contribution < 1.29 is 14.3 Å². The second-order valence-corrected chi connectivity index (χ2v) is 3.55. The standard InChI is InChI=1S/C11H16N2O3/c1-3-15-11(14)9(2)7-13-4-5-16-10(6-12)8-13/h10H,2-5,7-8H2,1H3. The number of rotatable bonds is 4. The first-order valence-corrected chi connectivity index (χ1v) is 5.25. The second kappa shape index (κ2) is 6.26. The molecule has 0 radical (unpaired) electrons. The van der Waals surface area contributed by atoms with Gasteiger partial charge in [0.15, 0.2) is 6.10 Å². The third kappa shape index (κ3) is 3.65. The maximum Gasteiger partial charge on any atom is 0.334 e. The minimum absolute atomic E-state index is 0.349. The van der Waals surface area contributed by atoms with Crippen LogP contribution in [0.4, 0.5) is 0 Å². The van der Waals surface area contributed by atoms with Crippen molar-refractivity contribution in [2.45, 2.75) is 13.0 Å². The minimum atomic E-state index is -0.413. The van der Waals surface area contributed by atoms with Gasteiger partial charge in [0, 0.05) is 25.2 Å². The van der Waals surface area contributed by atoms with Crippen molar-refractivity contribution in [3.63, 3.8) is 0 Å². The van der Waals surface area contributed by atoms with Crippen LogP contribution in [0.15, 0.2) is 12.2 Å². The van der Waals surface area contributed by atoms with E-state index < -0.39 is 6.10 Å². The molecule has 1 fully saturated rings. The first-order chi connectivity index (χ1) is 7.67. The summed E-state index contributed by atoms with van der Waals surface area (Å²) in [4.78, 5) is 13.3. The Morgan fingerprint density at radius 3 is 3.12 bits per heavy atom. The summed E-state index contributed by atoms with van der Waals surface area (Å²) in [5.74, 6) is -0.373. The normalized spacial score (nSPS) is 21.1. The molecule has 1 saturated heterocycles. The van der Waals surface area contributed by atoms with Crippen molar-refractivity contribution in [2.24, 2.45) is 0 Å². The first kappa shape index (κ1) is 12.7. The smallest absolute Gasteiger partial charge is 0.334 e. The number of esters is 1. The van der Waals surface area contributed by atoms with Crippen LogP contribution in [-0.4, -0.2) is 49.8 Å². The lowest BCUT2D eigenvalue weighted by Gasteiger charge is -2.29. The maximum absolute atomic E-state index is 11.3. The van der Waals surface area contributed by atoms with Crippen LogP contribution >= 0.6 is 0 Å². The van der Waals surface area contributed by atoms with Gasteiger partial charge in [-0.15, -0.1) is 0 Å². The van der Waals surface area contributed by atoms with E-state index >= 15 is 0 Å². The van der Waals surface area contributed by atoms with Gasteiger partial charge in [-0.3, -0.25) is 4.90 Å². The number of ether oxygens (including phenoxy) is 2. The van der Waals surface area contributed by atoms with Crippen LogP contribution in [0.3, 0.4) is 0 Å². The van der Waals surface area contributed by atoms with E-state index in [1.165, 1.54) is 0 Å². The third-order valence-corrected chi connectivity index (χ3v) is 2.27. The molecule has 0 bridgehead atoms. The molecule has 16 heavy (non-hydrogen) atoms. The molecule has 0 aromatic rings. The molecule has 1 aliphatic heterocycles. The van der Waals surface area contributed by atoms with Crippen molar-refractivity contribution >= 4 is 5.97 Å². The van der Waals surface area contributed by atoms with Gasteiger partial charge >= 0.3 is 5.97 Å². The molecule has 0 spiro atoms. The summed E-state index contributed by atoms with van der Waals surface area (Å²) in [6, 6.07) is 2.05. The highest BCUT2D eigenvalue weighted by molar-refractivity contribution is 5.88. The first-order valence-electron chi connectivity index (χ1n) is 5.25. The minimum Gasteiger partial charge on any atom is -0.463 e. The molecule has 5 heteroatoms. The van der Waals surface area contributed by atoms with Gasteiger partial charge in [-0.1, -0.05) is 6.58 Å². The zero-order chi connectivity index (χ0) is 12.0. The zero-order valence-electron chi connectivity index (χ0n) is 9.44. The lowest BCUT2D eigenvalue weighted by Crippen LogP contribution is -2.43. The van der Waals surface area contributed by atoms with E-state index in [2.05, 4.69) is 12.6 Å².